The van der Waals surface area contributed by atoms with Crippen LogP contribution in [0.1, 0.15) is 23.7 Å². The number of hydrogen-bond donors (Lipinski definition) is 2. The van der Waals surface area contributed by atoms with E-state index in [0.29, 0.717) is 0 Å². The highest BCUT2D eigenvalue weighted by Crippen LogP contribution is 2.28. The highest BCUT2D eigenvalue weighted by molar-refractivity contribution is 5.97. The van der Waals surface area contributed by atoms with E-state index in [0.717, 1.165) is 18.2 Å². The Balaban J connectivity index is 3.03. The molecule has 0 radical (unpaired) electrons. The van der Waals surface area contributed by atoms with Gasteiger partial charge in [-0.2, -0.15) is 13.2 Å². The lowest BCUT2D eigenvalue weighted by Crippen LogP contribution is -2.43. The predicted octanol–water partition coefficient (Wildman–Crippen LogP) is 2.13. The van der Waals surface area contributed by atoms with Gasteiger partial charge in [-0.15, -0.1) is 0 Å². The van der Waals surface area contributed by atoms with E-state index in [4.69, 9.17) is 9.84 Å². The predicted molar refractivity (Wildman–Crippen MR) is 73.8 cm³/mol. The third-order valence-electron chi connectivity index (χ3n) is 2.76. The van der Waals surface area contributed by atoms with Crippen molar-refractivity contribution in [3.8, 4) is 5.75 Å². The van der Waals surface area contributed by atoms with Gasteiger partial charge < -0.3 is 15.2 Å². The minimum atomic E-state index is -4.80. The molecule has 0 saturated heterocycles. The van der Waals surface area contributed by atoms with Crippen molar-refractivity contribution in [2.75, 3.05) is 6.61 Å². The minimum Gasteiger partial charge on any atom is -0.487 e. The van der Waals surface area contributed by atoms with Gasteiger partial charge in [-0.05, 0) is 19.1 Å². The van der Waals surface area contributed by atoms with Crippen LogP contribution in [0.25, 0.3) is 0 Å². The molecular weight excluding hydrogens is 337 g/mol. The maximum absolute atomic E-state index is 12.3. The second-order valence-electron chi connectivity index (χ2n) is 4.56. The second-order valence-corrected chi connectivity index (χ2v) is 4.56. The van der Waals surface area contributed by atoms with Crippen molar-refractivity contribution in [2.45, 2.75) is 25.6 Å². The molecule has 0 aromatic heterocycles. The lowest BCUT2D eigenvalue weighted by Gasteiger charge is -2.16. The zero-order chi connectivity index (χ0) is 18.5. The standard InChI is InChI=1S/C13H13F3N2O6/c1-2-24-10-4-3-7(5-9(10)18(22)23)11(19)17-8(12(20)21)6-13(14,15)16/h3-5,8H,2,6H2,1H3,(H,17,19)(H,20,21). The number of carbonyl (C=O) groups excluding carboxylic acids is 1. The summed E-state index contributed by atoms with van der Waals surface area (Å²) in [5.74, 6) is -3.18. The molecule has 24 heavy (non-hydrogen) atoms. The summed E-state index contributed by atoms with van der Waals surface area (Å²) < 4.78 is 41.9. The van der Waals surface area contributed by atoms with Gasteiger partial charge in [0.15, 0.2) is 5.75 Å². The number of amides is 1. The Labute approximate surface area is 133 Å². The van der Waals surface area contributed by atoms with Crippen molar-refractivity contribution in [2.24, 2.45) is 0 Å². The number of hydrogen-bond acceptors (Lipinski definition) is 5. The number of nitro benzene ring substituents is 1. The smallest absolute Gasteiger partial charge is 0.391 e. The molecule has 1 aromatic rings. The molecule has 8 nitrogen and oxygen atoms in total. The van der Waals surface area contributed by atoms with Crippen LogP contribution in [-0.4, -0.2) is 40.7 Å². The van der Waals surface area contributed by atoms with Crippen molar-refractivity contribution in [3.63, 3.8) is 0 Å². The zero-order valence-electron chi connectivity index (χ0n) is 12.3. The molecule has 0 fully saturated rings. The van der Waals surface area contributed by atoms with E-state index in [1.165, 1.54) is 0 Å². The minimum absolute atomic E-state index is 0.121. The molecular formula is C13H13F3N2O6. The van der Waals surface area contributed by atoms with Crippen LogP contribution in [0.2, 0.25) is 0 Å². The summed E-state index contributed by atoms with van der Waals surface area (Å²) in [5.41, 5.74) is -0.925. The Hall–Kier alpha value is -2.85. The quantitative estimate of drug-likeness (QED) is 0.574. The van der Waals surface area contributed by atoms with E-state index in [9.17, 15) is 32.9 Å². The van der Waals surface area contributed by atoms with Crippen LogP contribution in [0.15, 0.2) is 18.2 Å². The molecule has 2 N–H and O–H groups in total. The lowest BCUT2D eigenvalue weighted by molar-refractivity contribution is -0.385. The first-order valence-electron chi connectivity index (χ1n) is 6.56. The normalized spacial score (nSPS) is 12.3. The third-order valence-corrected chi connectivity index (χ3v) is 2.76. The van der Waals surface area contributed by atoms with Crippen molar-refractivity contribution >= 4 is 17.6 Å². The van der Waals surface area contributed by atoms with E-state index in [2.05, 4.69) is 0 Å². The van der Waals surface area contributed by atoms with Gasteiger partial charge in [0.05, 0.1) is 18.0 Å². The number of halogens is 3. The summed E-state index contributed by atoms with van der Waals surface area (Å²) in [6.45, 7) is 1.71. The fourth-order valence-corrected chi connectivity index (χ4v) is 1.75. The number of nitrogens with one attached hydrogen (secondary N) is 1. The number of benzene rings is 1. The number of nitro groups is 1. The fraction of sp³-hybridized carbons (Fsp3) is 0.385. The van der Waals surface area contributed by atoms with Gasteiger partial charge in [0.1, 0.15) is 6.04 Å². The number of carbonyl (C=O) groups is 2. The van der Waals surface area contributed by atoms with E-state index in [1.807, 2.05) is 0 Å². The van der Waals surface area contributed by atoms with E-state index in [1.54, 1.807) is 12.2 Å². The van der Waals surface area contributed by atoms with Gasteiger partial charge in [0, 0.05) is 11.6 Å². The SMILES string of the molecule is CCOc1ccc(C(=O)NC(CC(F)(F)F)C(=O)O)cc1[N+](=O)[O-]. The molecule has 132 valence electrons. The first-order chi connectivity index (χ1) is 11.0. The Bertz CT molecular complexity index is 647. The van der Waals surface area contributed by atoms with Crippen LogP contribution in [0.5, 0.6) is 5.75 Å². The molecule has 11 heteroatoms. The van der Waals surface area contributed by atoms with Crippen LogP contribution in [0.3, 0.4) is 0 Å². The highest BCUT2D eigenvalue weighted by atomic mass is 19.4. The summed E-state index contributed by atoms with van der Waals surface area (Å²) >= 11 is 0. The Kier molecular flexibility index (Phi) is 6.09. The molecule has 0 aliphatic heterocycles. The van der Waals surface area contributed by atoms with E-state index in [-0.39, 0.29) is 17.9 Å². The van der Waals surface area contributed by atoms with Crippen LogP contribution >= 0.6 is 0 Å². The van der Waals surface area contributed by atoms with Crippen molar-refractivity contribution < 1.29 is 37.5 Å². The van der Waals surface area contributed by atoms with Crippen molar-refractivity contribution in [1.82, 2.24) is 5.32 Å². The summed E-state index contributed by atoms with van der Waals surface area (Å²) in [4.78, 5) is 32.8. The van der Waals surface area contributed by atoms with E-state index < -0.39 is 41.1 Å². The molecule has 1 atom stereocenters. The second kappa shape index (κ2) is 7.62. The Morgan fingerprint density at radius 3 is 2.50 bits per heavy atom. The molecule has 0 spiro atoms. The molecule has 0 aliphatic carbocycles. The number of carboxylic acid groups (broad SMARTS) is 1. The molecule has 0 heterocycles. The Morgan fingerprint density at radius 2 is 2.04 bits per heavy atom. The molecule has 0 bridgehead atoms. The summed E-state index contributed by atoms with van der Waals surface area (Å²) in [6, 6.07) is 0.783. The first-order valence-corrected chi connectivity index (χ1v) is 6.56. The van der Waals surface area contributed by atoms with Gasteiger partial charge in [-0.3, -0.25) is 14.9 Å². The lowest BCUT2D eigenvalue weighted by atomic mass is 10.1. The maximum Gasteiger partial charge on any atom is 0.391 e. The average Bonchev–Trinajstić information content (AvgIpc) is 2.45. The van der Waals surface area contributed by atoms with Gasteiger partial charge in [0.25, 0.3) is 5.91 Å². The van der Waals surface area contributed by atoms with Crippen molar-refractivity contribution in [3.05, 3.63) is 33.9 Å². The van der Waals surface area contributed by atoms with Gasteiger partial charge >= 0.3 is 17.8 Å². The molecule has 0 saturated carbocycles. The van der Waals surface area contributed by atoms with Crippen LogP contribution in [0, 0.1) is 10.1 Å². The first kappa shape index (κ1) is 19.2. The number of aliphatic carboxylic acids is 1. The Morgan fingerprint density at radius 1 is 1.42 bits per heavy atom. The number of nitrogens with zero attached hydrogens (tertiary/aromatic N) is 1. The van der Waals surface area contributed by atoms with Gasteiger partial charge in [-0.1, -0.05) is 0 Å². The molecule has 1 rings (SSSR count). The number of rotatable bonds is 7. The van der Waals surface area contributed by atoms with E-state index >= 15 is 0 Å². The molecule has 0 aliphatic rings. The van der Waals surface area contributed by atoms with Crippen LogP contribution in [-0.2, 0) is 4.79 Å². The number of alkyl halides is 3. The summed E-state index contributed by atoms with van der Waals surface area (Å²) in [6.07, 6.45) is -6.58. The molecule has 1 aromatic carbocycles. The average molecular weight is 350 g/mol. The van der Waals surface area contributed by atoms with Crippen molar-refractivity contribution in [1.29, 1.82) is 0 Å². The molecule has 1 unspecified atom stereocenters. The maximum atomic E-state index is 12.3. The zero-order valence-corrected chi connectivity index (χ0v) is 12.3. The third kappa shape index (κ3) is 5.41. The van der Waals surface area contributed by atoms with Gasteiger partial charge in [0.2, 0.25) is 0 Å². The topological polar surface area (TPSA) is 119 Å². The summed E-state index contributed by atoms with van der Waals surface area (Å²) in [5, 5.41) is 21.4. The number of carboxylic acids is 1. The fourth-order valence-electron chi connectivity index (χ4n) is 1.75. The number of ether oxygens (including phenoxy) is 1. The highest BCUT2D eigenvalue weighted by Gasteiger charge is 2.36. The summed E-state index contributed by atoms with van der Waals surface area (Å²) in [7, 11) is 0. The monoisotopic (exact) mass is 350 g/mol. The van der Waals surface area contributed by atoms with Gasteiger partial charge in [-0.25, -0.2) is 4.79 Å². The van der Waals surface area contributed by atoms with Crippen LogP contribution < -0.4 is 10.1 Å². The largest absolute Gasteiger partial charge is 0.487 e. The van der Waals surface area contributed by atoms with Crippen LogP contribution in [0.4, 0.5) is 18.9 Å². The molecule has 1 amide bonds.